The molecule has 0 aromatic heterocycles. The molecule has 0 saturated heterocycles. The van der Waals surface area contributed by atoms with Gasteiger partial charge in [-0.15, -0.1) is 0 Å². The number of fused-ring (bicyclic) bond motifs is 2. The molecule has 2 heterocycles. The van der Waals surface area contributed by atoms with Crippen molar-refractivity contribution in [1.29, 1.82) is 0 Å². The SMILES string of the molecule is C1=CN2CNc3ccccc3CC2C1. The van der Waals surface area contributed by atoms with Crippen LogP contribution in [0.5, 0.6) is 0 Å². The van der Waals surface area contributed by atoms with Gasteiger partial charge in [0.25, 0.3) is 0 Å². The highest BCUT2D eigenvalue weighted by Crippen LogP contribution is 2.26. The highest BCUT2D eigenvalue weighted by Gasteiger charge is 2.22. The van der Waals surface area contributed by atoms with E-state index in [4.69, 9.17) is 0 Å². The predicted octanol–water partition coefficient (Wildman–Crippen LogP) is 2.20. The van der Waals surface area contributed by atoms with Crippen LogP contribution in [0.3, 0.4) is 0 Å². The van der Waals surface area contributed by atoms with Crippen molar-refractivity contribution >= 4 is 5.69 Å². The van der Waals surface area contributed by atoms with Gasteiger partial charge in [-0.1, -0.05) is 24.3 Å². The lowest BCUT2D eigenvalue weighted by atomic mass is 10.0. The second-order valence-corrected chi connectivity index (χ2v) is 3.98. The van der Waals surface area contributed by atoms with Gasteiger partial charge >= 0.3 is 0 Å². The van der Waals surface area contributed by atoms with Crippen LogP contribution in [0.25, 0.3) is 0 Å². The van der Waals surface area contributed by atoms with E-state index in [9.17, 15) is 0 Å². The van der Waals surface area contributed by atoms with Crippen LogP contribution in [0.2, 0.25) is 0 Å². The van der Waals surface area contributed by atoms with Gasteiger partial charge in [-0.3, -0.25) is 0 Å². The third kappa shape index (κ3) is 1.18. The zero-order chi connectivity index (χ0) is 9.38. The molecule has 2 nitrogen and oxygen atoms in total. The van der Waals surface area contributed by atoms with Crippen molar-refractivity contribution in [1.82, 2.24) is 4.90 Å². The summed E-state index contributed by atoms with van der Waals surface area (Å²) in [5, 5.41) is 3.47. The smallest absolute Gasteiger partial charge is 0.0874 e. The molecular formula is C12H14N2. The molecule has 1 atom stereocenters. The second-order valence-electron chi connectivity index (χ2n) is 3.98. The van der Waals surface area contributed by atoms with Crippen LogP contribution in [0, 0.1) is 0 Å². The van der Waals surface area contributed by atoms with E-state index in [0.717, 1.165) is 13.1 Å². The second kappa shape index (κ2) is 3.05. The molecule has 1 aromatic carbocycles. The first kappa shape index (κ1) is 7.92. The van der Waals surface area contributed by atoms with Crippen LogP contribution in [0.1, 0.15) is 12.0 Å². The first-order chi connectivity index (χ1) is 6.93. The molecule has 2 heteroatoms. The van der Waals surface area contributed by atoms with Gasteiger partial charge in [-0.25, -0.2) is 0 Å². The zero-order valence-corrected chi connectivity index (χ0v) is 8.11. The Balaban J connectivity index is 1.94. The number of nitrogens with zero attached hydrogens (tertiary/aromatic N) is 1. The van der Waals surface area contributed by atoms with Gasteiger partial charge in [0.15, 0.2) is 0 Å². The summed E-state index contributed by atoms with van der Waals surface area (Å²) >= 11 is 0. The molecule has 0 saturated carbocycles. The minimum atomic E-state index is 0.672. The standard InChI is InChI=1S/C12H14N2/c1-2-6-12-10(4-1)8-11-5-3-7-14(11)9-13-12/h1-4,6-7,11,13H,5,8-9H2. The summed E-state index contributed by atoms with van der Waals surface area (Å²) in [7, 11) is 0. The highest BCUT2D eigenvalue weighted by molar-refractivity contribution is 5.52. The van der Waals surface area contributed by atoms with Crippen LogP contribution in [0.4, 0.5) is 5.69 Å². The van der Waals surface area contributed by atoms with Crippen LogP contribution in [0.15, 0.2) is 36.5 Å². The predicted molar refractivity (Wildman–Crippen MR) is 58.0 cm³/mol. The zero-order valence-electron chi connectivity index (χ0n) is 8.11. The summed E-state index contributed by atoms with van der Waals surface area (Å²) in [6.45, 7) is 0.943. The van der Waals surface area contributed by atoms with E-state index in [1.165, 1.54) is 17.7 Å². The molecule has 2 aliphatic heterocycles. The first-order valence-electron chi connectivity index (χ1n) is 5.18. The lowest BCUT2D eigenvalue weighted by Crippen LogP contribution is -2.30. The summed E-state index contributed by atoms with van der Waals surface area (Å²) < 4.78 is 0. The van der Waals surface area contributed by atoms with Crippen molar-refractivity contribution in [3.8, 4) is 0 Å². The van der Waals surface area contributed by atoms with Crippen molar-refractivity contribution in [3.63, 3.8) is 0 Å². The van der Waals surface area contributed by atoms with E-state index in [1.807, 2.05) is 0 Å². The molecule has 2 aliphatic rings. The molecular weight excluding hydrogens is 172 g/mol. The van der Waals surface area contributed by atoms with Crippen LogP contribution in [-0.4, -0.2) is 17.6 Å². The molecule has 1 N–H and O–H groups in total. The number of hydrogen-bond acceptors (Lipinski definition) is 2. The molecule has 72 valence electrons. The fraction of sp³-hybridized carbons (Fsp3) is 0.333. The average molecular weight is 186 g/mol. The van der Waals surface area contributed by atoms with Crippen molar-refractivity contribution in [3.05, 3.63) is 42.1 Å². The van der Waals surface area contributed by atoms with Gasteiger partial charge in [-0.05, 0) is 30.7 Å². The van der Waals surface area contributed by atoms with Crippen molar-refractivity contribution in [2.45, 2.75) is 18.9 Å². The summed E-state index contributed by atoms with van der Waals surface area (Å²) in [4.78, 5) is 2.39. The van der Waals surface area contributed by atoms with Crippen molar-refractivity contribution in [2.24, 2.45) is 0 Å². The van der Waals surface area contributed by atoms with Crippen molar-refractivity contribution in [2.75, 3.05) is 12.0 Å². The molecule has 0 bridgehead atoms. The topological polar surface area (TPSA) is 15.3 Å². The number of anilines is 1. The first-order valence-corrected chi connectivity index (χ1v) is 5.18. The maximum absolute atomic E-state index is 3.47. The number of rotatable bonds is 0. The van der Waals surface area contributed by atoms with E-state index in [1.54, 1.807) is 0 Å². The monoisotopic (exact) mass is 186 g/mol. The fourth-order valence-corrected chi connectivity index (χ4v) is 2.29. The lowest BCUT2D eigenvalue weighted by molar-refractivity contribution is 0.322. The highest BCUT2D eigenvalue weighted by atomic mass is 15.2. The number of hydrogen-bond donors (Lipinski definition) is 1. The van der Waals surface area contributed by atoms with E-state index >= 15 is 0 Å². The lowest BCUT2D eigenvalue weighted by Gasteiger charge is -2.22. The molecule has 0 fully saturated rings. The summed E-state index contributed by atoms with van der Waals surface area (Å²) in [5.74, 6) is 0. The van der Waals surface area contributed by atoms with E-state index in [0.29, 0.717) is 6.04 Å². The Hall–Kier alpha value is -1.44. The van der Waals surface area contributed by atoms with Gasteiger partial charge in [0.05, 0.1) is 6.67 Å². The molecule has 1 aromatic rings. The number of nitrogens with one attached hydrogen (secondary N) is 1. The fourth-order valence-electron chi connectivity index (χ4n) is 2.29. The van der Waals surface area contributed by atoms with Gasteiger partial charge in [-0.2, -0.15) is 0 Å². The Morgan fingerprint density at radius 1 is 1.29 bits per heavy atom. The number of benzene rings is 1. The Kier molecular flexibility index (Phi) is 1.72. The van der Waals surface area contributed by atoms with E-state index in [2.05, 4.69) is 46.8 Å². The van der Waals surface area contributed by atoms with Gasteiger partial charge in [0.1, 0.15) is 0 Å². The average Bonchev–Trinajstić information content (AvgIpc) is 2.58. The van der Waals surface area contributed by atoms with Crippen LogP contribution < -0.4 is 5.32 Å². The molecule has 0 spiro atoms. The van der Waals surface area contributed by atoms with Gasteiger partial charge in [0, 0.05) is 11.7 Å². The molecule has 3 rings (SSSR count). The van der Waals surface area contributed by atoms with Crippen molar-refractivity contribution < 1.29 is 0 Å². The molecule has 1 unspecified atom stereocenters. The molecule has 0 amide bonds. The maximum Gasteiger partial charge on any atom is 0.0874 e. The van der Waals surface area contributed by atoms with Gasteiger partial charge < -0.3 is 10.2 Å². The minimum absolute atomic E-state index is 0.672. The summed E-state index contributed by atoms with van der Waals surface area (Å²) in [5.41, 5.74) is 2.75. The molecule has 0 radical (unpaired) electrons. The summed E-state index contributed by atoms with van der Waals surface area (Å²) in [6, 6.07) is 9.29. The minimum Gasteiger partial charge on any atom is -0.368 e. The Morgan fingerprint density at radius 2 is 2.21 bits per heavy atom. The molecule has 0 aliphatic carbocycles. The third-order valence-corrected chi connectivity index (χ3v) is 3.10. The van der Waals surface area contributed by atoms with E-state index in [-0.39, 0.29) is 0 Å². The largest absolute Gasteiger partial charge is 0.368 e. The van der Waals surface area contributed by atoms with Gasteiger partial charge in [0.2, 0.25) is 0 Å². The quantitative estimate of drug-likeness (QED) is 0.668. The normalized spacial score (nSPS) is 23.7. The summed E-state index contributed by atoms with van der Waals surface area (Å²) in [6.07, 6.45) is 6.83. The van der Waals surface area contributed by atoms with Crippen LogP contribution in [-0.2, 0) is 6.42 Å². The molecule has 14 heavy (non-hydrogen) atoms. The Labute approximate surface area is 84.2 Å². The maximum atomic E-state index is 3.47. The third-order valence-electron chi connectivity index (χ3n) is 3.10. The van der Waals surface area contributed by atoms with E-state index < -0.39 is 0 Å². The van der Waals surface area contributed by atoms with Crippen LogP contribution >= 0.6 is 0 Å². The number of para-hydroxylation sites is 1. The Morgan fingerprint density at radius 3 is 3.21 bits per heavy atom. The Bertz CT molecular complexity index is 370.